The van der Waals surface area contributed by atoms with Gasteiger partial charge >= 0.3 is 0 Å². The Hall–Kier alpha value is -0.870. The Morgan fingerprint density at radius 2 is 2.27 bits per heavy atom. The van der Waals surface area contributed by atoms with Crippen LogP contribution < -0.4 is 0 Å². The molecular weight excluding hydrogens is 277 g/mol. The Labute approximate surface area is 101 Å². The molecular formula is C10H9BrClN3. The fraction of sp³-hybridized carbons (Fsp3) is 0.200. The van der Waals surface area contributed by atoms with Crippen molar-refractivity contribution in [3.05, 3.63) is 40.4 Å². The zero-order chi connectivity index (χ0) is 10.8. The van der Waals surface area contributed by atoms with Gasteiger partial charge in [-0.1, -0.05) is 12.1 Å². The quantitative estimate of drug-likeness (QED) is 0.794. The van der Waals surface area contributed by atoms with Crippen molar-refractivity contribution in [1.82, 2.24) is 14.8 Å². The summed E-state index contributed by atoms with van der Waals surface area (Å²) in [5.41, 5.74) is 2.18. The van der Waals surface area contributed by atoms with Crippen molar-refractivity contribution in [3.8, 4) is 5.69 Å². The van der Waals surface area contributed by atoms with Gasteiger partial charge in [-0.3, -0.25) is 4.57 Å². The summed E-state index contributed by atoms with van der Waals surface area (Å²) in [4.78, 5) is 0. The molecule has 5 heteroatoms. The van der Waals surface area contributed by atoms with Crippen LogP contribution in [-0.4, -0.2) is 14.8 Å². The molecule has 2 aromatic rings. The molecule has 0 bridgehead atoms. The summed E-state index contributed by atoms with van der Waals surface area (Å²) < 4.78 is 2.92. The number of halogens is 2. The van der Waals surface area contributed by atoms with Crippen LogP contribution in [0.3, 0.4) is 0 Å². The highest BCUT2D eigenvalue weighted by atomic mass is 79.9. The molecule has 0 amide bonds. The fourth-order valence-corrected chi connectivity index (χ4v) is 2.01. The third-order valence-electron chi connectivity index (χ3n) is 2.17. The molecule has 0 aliphatic heterocycles. The van der Waals surface area contributed by atoms with Gasteiger partial charge in [-0.05, 0) is 34.5 Å². The van der Waals surface area contributed by atoms with Crippen LogP contribution >= 0.6 is 27.5 Å². The Morgan fingerprint density at radius 1 is 1.47 bits per heavy atom. The normalized spacial score (nSPS) is 10.6. The highest BCUT2D eigenvalue weighted by Crippen LogP contribution is 2.25. The Bertz CT molecular complexity index is 481. The maximum absolute atomic E-state index is 5.78. The van der Waals surface area contributed by atoms with Crippen LogP contribution in [0.15, 0.2) is 29.0 Å². The largest absolute Gasteiger partial charge is 0.283 e. The lowest BCUT2D eigenvalue weighted by Crippen LogP contribution is -1.99. The highest BCUT2D eigenvalue weighted by molar-refractivity contribution is 9.10. The predicted octanol–water partition coefficient (Wildman–Crippen LogP) is 3.08. The van der Waals surface area contributed by atoms with E-state index in [1.165, 1.54) is 5.56 Å². The van der Waals surface area contributed by atoms with E-state index in [4.69, 9.17) is 11.6 Å². The predicted molar refractivity (Wildman–Crippen MR) is 63.4 cm³/mol. The van der Waals surface area contributed by atoms with Crippen LogP contribution in [0.2, 0.25) is 0 Å². The number of benzene rings is 1. The van der Waals surface area contributed by atoms with Crippen molar-refractivity contribution in [1.29, 1.82) is 0 Å². The van der Waals surface area contributed by atoms with Gasteiger partial charge in [0.05, 0.1) is 11.6 Å². The van der Waals surface area contributed by atoms with E-state index in [1.807, 2.05) is 29.7 Å². The average Bonchev–Trinajstić information content (AvgIpc) is 2.70. The first kappa shape index (κ1) is 10.6. The van der Waals surface area contributed by atoms with Crippen molar-refractivity contribution in [2.24, 2.45) is 0 Å². The fourth-order valence-electron chi connectivity index (χ4n) is 1.37. The minimum atomic E-state index is 0.348. The topological polar surface area (TPSA) is 30.7 Å². The second-order valence-electron chi connectivity index (χ2n) is 3.16. The molecule has 0 radical (unpaired) electrons. The molecule has 0 fully saturated rings. The highest BCUT2D eigenvalue weighted by Gasteiger charge is 2.09. The lowest BCUT2D eigenvalue weighted by atomic mass is 10.2. The van der Waals surface area contributed by atoms with Gasteiger partial charge in [0, 0.05) is 4.47 Å². The first-order chi connectivity index (χ1) is 7.24. The van der Waals surface area contributed by atoms with Gasteiger partial charge < -0.3 is 0 Å². The zero-order valence-corrected chi connectivity index (χ0v) is 10.5. The summed E-state index contributed by atoms with van der Waals surface area (Å²) in [6, 6.07) is 6.03. The molecule has 1 heterocycles. The summed E-state index contributed by atoms with van der Waals surface area (Å²) in [5.74, 6) is 1.09. The molecule has 15 heavy (non-hydrogen) atoms. The average molecular weight is 287 g/mol. The lowest BCUT2D eigenvalue weighted by molar-refractivity contribution is 0.945. The van der Waals surface area contributed by atoms with Gasteiger partial charge in [0.15, 0.2) is 5.82 Å². The molecule has 0 unspecified atom stereocenters. The van der Waals surface area contributed by atoms with Gasteiger partial charge in [0.1, 0.15) is 6.33 Å². The van der Waals surface area contributed by atoms with Crippen LogP contribution in [0.4, 0.5) is 0 Å². The molecule has 0 N–H and O–H groups in total. The van der Waals surface area contributed by atoms with Crippen molar-refractivity contribution < 1.29 is 0 Å². The SMILES string of the molecule is Cc1cccc(-n2cnnc2CCl)c1Br. The van der Waals surface area contributed by atoms with E-state index >= 15 is 0 Å². The monoisotopic (exact) mass is 285 g/mol. The Balaban J connectivity index is 2.59. The van der Waals surface area contributed by atoms with E-state index in [0.717, 1.165) is 16.0 Å². The molecule has 2 rings (SSSR count). The van der Waals surface area contributed by atoms with Crippen molar-refractivity contribution in [3.63, 3.8) is 0 Å². The van der Waals surface area contributed by atoms with Crippen LogP contribution in [0.1, 0.15) is 11.4 Å². The number of hydrogen-bond donors (Lipinski definition) is 0. The summed E-state index contributed by atoms with van der Waals surface area (Å²) >= 11 is 9.32. The minimum Gasteiger partial charge on any atom is -0.283 e. The van der Waals surface area contributed by atoms with Crippen LogP contribution in [0, 0.1) is 6.92 Å². The zero-order valence-electron chi connectivity index (χ0n) is 8.11. The van der Waals surface area contributed by atoms with Crippen LogP contribution in [-0.2, 0) is 5.88 Å². The maximum atomic E-state index is 5.78. The second-order valence-corrected chi connectivity index (χ2v) is 4.22. The molecule has 0 aliphatic rings. The summed E-state index contributed by atoms with van der Waals surface area (Å²) in [5, 5.41) is 7.79. The van der Waals surface area contributed by atoms with Crippen molar-refractivity contribution in [2.75, 3.05) is 0 Å². The number of aryl methyl sites for hydroxylation is 1. The van der Waals surface area contributed by atoms with Crippen molar-refractivity contribution >= 4 is 27.5 Å². The first-order valence-corrected chi connectivity index (χ1v) is 5.77. The number of nitrogens with zero attached hydrogens (tertiary/aromatic N) is 3. The summed E-state index contributed by atoms with van der Waals surface area (Å²) in [6.45, 7) is 2.04. The van der Waals surface area contributed by atoms with Gasteiger partial charge in [0.2, 0.25) is 0 Å². The molecule has 0 saturated carbocycles. The van der Waals surface area contributed by atoms with E-state index < -0.39 is 0 Å². The van der Waals surface area contributed by atoms with Gasteiger partial charge in [0.25, 0.3) is 0 Å². The first-order valence-electron chi connectivity index (χ1n) is 4.44. The lowest BCUT2D eigenvalue weighted by Gasteiger charge is -2.08. The standard InChI is InChI=1S/C10H9BrClN3/c1-7-3-2-4-8(10(7)11)15-6-13-14-9(15)5-12/h2-4,6H,5H2,1H3. The molecule has 3 nitrogen and oxygen atoms in total. The molecule has 1 aromatic carbocycles. The van der Waals surface area contributed by atoms with E-state index in [0.29, 0.717) is 5.88 Å². The van der Waals surface area contributed by atoms with E-state index in [2.05, 4.69) is 26.1 Å². The summed E-state index contributed by atoms with van der Waals surface area (Å²) in [6.07, 6.45) is 1.66. The van der Waals surface area contributed by atoms with Gasteiger partial charge in [-0.2, -0.15) is 0 Å². The maximum Gasteiger partial charge on any atom is 0.152 e. The summed E-state index contributed by atoms with van der Waals surface area (Å²) in [7, 11) is 0. The third-order valence-corrected chi connectivity index (χ3v) is 3.44. The van der Waals surface area contributed by atoms with Crippen LogP contribution in [0.25, 0.3) is 5.69 Å². The van der Waals surface area contributed by atoms with E-state index in [1.54, 1.807) is 6.33 Å². The Morgan fingerprint density at radius 3 is 3.00 bits per heavy atom. The number of hydrogen-bond acceptors (Lipinski definition) is 2. The molecule has 1 aromatic heterocycles. The molecule has 0 atom stereocenters. The van der Waals surface area contributed by atoms with E-state index in [-0.39, 0.29) is 0 Å². The number of rotatable bonds is 2. The molecule has 0 spiro atoms. The minimum absolute atomic E-state index is 0.348. The molecule has 0 aliphatic carbocycles. The van der Waals surface area contributed by atoms with Gasteiger partial charge in [-0.15, -0.1) is 21.8 Å². The second kappa shape index (κ2) is 4.33. The Kier molecular flexibility index (Phi) is 3.07. The van der Waals surface area contributed by atoms with E-state index in [9.17, 15) is 0 Å². The number of aromatic nitrogens is 3. The molecule has 78 valence electrons. The van der Waals surface area contributed by atoms with Gasteiger partial charge in [-0.25, -0.2) is 0 Å². The third kappa shape index (κ3) is 1.92. The smallest absolute Gasteiger partial charge is 0.152 e. The molecule has 0 saturated heterocycles. The number of alkyl halides is 1. The van der Waals surface area contributed by atoms with Crippen LogP contribution in [0.5, 0.6) is 0 Å². The van der Waals surface area contributed by atoms with Crippen molar-refractivity contribution in [2.45, 2.75) is 12.8 Å².